The molecule has 0 aliphatic rings. The molecule has 0 aromatic heterocycles. The van der Waals surface area contributed by atoms with Crippen LogP contribution >= 0.6 is 11.6 Å². The van der Waals surface area contributed by atoms with Crippen LogP contribution in [0.5, 0.6) is 0 Å². The zero-order valence-electron chi connectivity index (χ0n) is 9.96. The van der Waals surface area contributed by atoms with Crippen LogP contribution in [0.3, 0.4) is 0 Å². The molecule has 0 radical (unpaired) electrons. The highest BCUT2D eigenvalue weighted by atomic mass is 35.5. The lowest BCUT2D eigenvalue weighted by Crippen LogP contribution is -2.45. The number of carboxylic acid groups (broad SMARTS) is 1. The first-order chi connectivity index (χ1) is 8.21. The molecule has 1 rings (SSSR count). The molecule has 0 heterocycles. The van der Waals surface area contributed by atoms with E-state index < -0.39 is 23.2 Å². The average molecular weight is 274 g/mol. The molecule has 6 heteroatoms. The molecule has 2 N–H and O–H groups in total. The van der Waals surface area contributed by atoms with Crippen molar-refractivity contribution in [3.63, 3.8) is 0 Å². The van der Waals surface area contributed by atoms with Crippen LogP contribution in [0, 0.1) is 5.82 Å². The number of hydrogen-bond acceptors (Lipinski definition) is 2. The van der Waals surface area contributed by atoms with Crippen LogP contribution in [-0.4, -0.2) is 22.5 Å². The van der Waals surface area contributed by atoms with Gasteiger partial charge in [-0.1, -0.05) is 11.6 Å². The molecule has 0 bridgehead atoms. The van der Waals surface area contributed by atoms with Gasteiger partial charge in [0, 0.05) is 5.54 Å². The Labute approximate surface area is 109 Å². The number of benzene rings is 1. The second kappa shape index (κ2) is 5.35. The number of amides is 1. The van der Waals surface area contributed by atoms with Crippen LogP contribution in [0.2, 0.25) is 5.02 Å². The summed E-state index contributed by atoms with van der Waals surface area (Å²) in [6.07, 6.45) is -0.225. The number of carbonyl (C=O) groups is 2. The molecule has 0 saturated carbocycles. The second-order valence-electron chi connectivity index (χ2n) is 4.53. The molecular weight excluding hydrogens is 261 g/mol. The third-order valence-corrected chi connectivity index (χ3v) is 2.53. The standard InChI is InChI=1S/C12H13ClFNO3/c1-12(2,6-10(16)17)15-11(18)8-4-3-7(14)5-9(8)13/h3-5H,6H2,1-2H3,(H,15,18)(H,16,17). The van der Waals surface area contributed by atoms with Crippen molar-refractivity contribution in [3.05, 3.63) is 34.6 Å². The van der Waals surface area contributed by atoms with Crippen LogP contribution in [0.4, 0.5) is 4.39 Å². The Bertz CT molecular complexity index is 488. The van der Waals surface area contributed by atoms with Crippen LogP contribution in [0.25, 0.3) is 0 Å². The first kappa shape index (κ1) is 14.4. The highest BCUT2D eigenvalue weighted by Gasteiger charge is 2.25. The van der Waals surface area contributed by atoms with Crippen molar-refractivity contribution in [1.82, 2.24) is 5.32 Å². The summed E-state index contributed by atoms with van der Waals surface area (Å²) in [7, 11) is 0. The number of carbonyl (C=O) groups excluding carboxylic acids is 1. The third-order valence-electron chi connectivity index (χ3n) is 2.22. The van der Waals surface area contributed by atoms with Gasteiger partial charge in [0.1, 0.15) is 5.82 Å². The van der Waals surface area contributed by atoms with Gasteiger partial charge in [-0.05, 0) is 32.0 Å². The minimum Gasteiger partial charge on any atom is -0.481 e. The van der Waals surface area contributed by atoms with E-state index in [1.807, 2.05) is 0 Å². The Morgan fingerprint density at radius 2 is 2.06 bits per heavy atom. The van der Waals surface area contributed by atoms with E-state index in [1.165, 1.54) is 6.07 Å². The predicted octanol–water partition coefficient (Wildman–Crippen LogP) is 2.46. The molecule has 18 heavy (non-hydrogen) atoms. The Morgan fingerprint density at radius 1 is 1.44 bits per heavy atom. The van der Waals surface area contributed by atoms with Gasteiger partial charge in [-0.15, -0.1) is 0 Å². The average Bonchev–Trinajstić information content (AvgIpc) is 2.13. The molecule has 0 aliphatic carbocycles. The number of halogens is 2. The van der Waals surface area contributed by atoms with Crippen molar-refractivity contribution >= 4 is 23.5 Å². The first-order valence-corrected chi connectivity index (χ1v) is 5.58. The predicted molar refractivity (Wildman–Crippen MR) is 65.2 cm³/mol. The summed E-state index contributed by atoms with van der Waals surface area (Å²) in [5.74, 6) is -2.10. The maximum atomic E-state index is 12.8. The summed E-state index contributed by atoms with van der Waals surface area (Å²) in [6, 6.07) is 3.40. The normalized spacial score (nSPS) is 11.1. The third kappa shape index (κ3) is 4.00. The Kier molecular flexibility index (Phi) is 4.29. The molecule has 0 fully saturated rings. The van der Waals surface area contributed by atoms with Gasteiger partial charge in [0.05, 0.1) is 17.0 Å². The van der Waals surface area contributed by atoms with Crippen LogP contribution in [0.1, 0.15) is 30.6 Å². The van der Waals surface area contributed by atoms with Gasteiger partial charge in [0.15, 0.2) is 0 Å². The van der Waals surface area contributed by atoms with E-state index in [0.717, 1.165) is 12.1 Å². The zero-order valence-corrected chi connectivity index (χ0v) is 10.7. The molecule has 1 amide bonds. The quantitative estimate of drug-likeness (QED) is 0.886. The summed E-state index contributed by atoms with van der Waals surface area (Å²) < 4.78 is 12.8. The fourth-order valence-electron chi connectivity index (χ4n) is 1.47. The monoisotopic (exact) mass is 273 g/mol. The Morgan fingerprint density at radius 3 is 2.56 bits per heavy atom. The highest BCUT2D eigenvalue weighted by molar-refractivity contribution is 6.33. The molecule has 98 valence electrons. The van der Waals surface area contributed by atoms with Crippen molar-refractivity contribution in [2.24, 2.45) is 0 Å². The largest absolute Gasteiger partial charge is 0.481 e. The van der Waals surface area contributed by atoms with Gasteiger partial charge in [0.2, 0.25) is 0 Å². The van der Waals surface area contributed by atoms with Gasteiger partial charge in [0.25, 0.3) is 5.91 Å². The molecular formula is C12H13ClFNO3. The van der Waals surface area contributed by atoms with Gasteiger partial charge < -0.3 is 10.4 Å². The summed E-state index contributed by atoms with van der Waals surface area (Å²) in [5.41, 5.74) is -0.808. The van der Waals surface area contributed by atoms with Gasteiger partial charge in [-0.2, -0.15) is 0 Å². The lowest BCUT2D eigenvalue weighted by Gasteiger charge is -2.24. The topological polar surface area (TPSA) is 66.4 Å². The first-order valence-electron chi connectivity index (χ1n) is 5.20. The van der Waals surface area contributed by atoms with Crippen molar-refractivity contribution in [3.8, 4) is 0 Å². The molecule has 0 aliphatic heterocycles. The number of carboxylic acids is 1. The van der Waals surface area contributed by atoms with Crippen molar-refractivity contribution in [2.45, 2.75) is 25.8 Å². The van der Waals surface area contributed by atoms with Gasteiger partial charge in [-0.25, -0.2) is 4.39 Å². The lowest BCUT2D eigenvalue weighted by atomic mass is 10.00. The summed E-state index contributed by atoms with van der Waals surface area (Å²) in [4.78, 5) is 22.5. The molecule has 4 nitrogen and oxygen atoms in total. The smallest absolute Gasteiger partial charge is 0.305 e. The number of rotatable bonds is 4. The highest BCUT2D eigenvalue weighted by Crippen LogP contribution is 2.18. The van der Waals surface area contributed by atoms with E-state index in [9.17, 15) is 14.0 Å². The van der Waals surface area contributed by atoms with E-state index >= 15 is 0 Å². The van der Waals surface area contributed by atoms with Crippen LogP contribution < -0.4 is 5.32 Å². The minimum absolute atomic E-state index is 0.0152. The SMILES string of the molecule is CC(C)(CC(=O)O)NC(=O)c1ccc(F)cc1Cl. The number of aliphatic carboxylic acids is 1. The van der Waals surface area contributed by atoms with Gasteiger partial charge in [-0.3, -0.25) is 9.59 Å². The molecule has 0 unspecified atom stereocenters. The van der Waals surface area contributed by atoms with Crippen LogP contribution in [0.15, 0.2) is 18.2 Å². The molecule has 0 spiro atoms. The summed E-state index contributed by atoms with van der Waals surface area (Å²) in [5, 5.41) is 11.2. The maximum Gasteiger partial charge on any atom is 0.305 e. The molecule has 0 atom stereocenters. The zero-order chi connectivity index (χ0) is 13.9. The van der Waals surface area contributed by atoms with Crippen molar-refractivity contribution < 1.29 is 19.1 Å². The molecule has 1 aromatic carbocycles. The fraction of sp³-hybridized carbons (Fsp3) is 0.333. The van der Waals surface area contributed by atoms with Crippen molar-refractivity contribution in [2.75, 3.05) is 0 Å². The lowest BCUT2D eigenvalue weighted by molar-refractivity contribution is -0.138. The maximum absolute atomic E-state index is 12.8. The minimum atomic E-state index is -1.02. The Hall–Kier alpha value is -1.62. The number of nitrogens with one attached hydrogen (secondary N) is 1. The fourth-order valence-corrected chi connectivity index (χ4v) is 1.72. The van der Waals surface area contributed by atoms with E-state index in [2.05, 4.69) is 5.32 Å². The van der Waals surface area contributed by atoms with Gasteiger partial charge >= 0.3 is 5.97 Å². The summed E-state index contributed by atoms with van der Waals surface area (Å²) >= 11 is 5.74. The van der Waals surface area contributed by atoms with E-state index in [0.29, 0.717) is 0 Å². The van der Waals surface area contributed by atoms with Crippen LogP contribution in [-0.2, 0) is 4.79 Å². The van der Waals surface area contributed by atoms with E-state index in [-0.39, 0.29) is 17.0 Å². The van der Waals surface area contributed by atoms with E-state index in [1.54, 1.807) is 13.8 Å². The summed E-state index contributed by atoms with van der Waals surface area (Å²) in [6.45, 7) is 3.16. The number of hydrogen-bond donors (Lipinski definition) is 2. The Balaban J connectivity index is 2.85. The van der Waals surface area contributed by atoms with E-state index in [4.69, 9.17) is 16.7 Å². The van der Waals surface area contributed by atoms with Crippen molar-refractivity contribution in [1.29, 1.82) is 0 Å². The molecule has 1 aromatic rings. The molecule has 0 saturated heterocycles. The second-order valence-corrected chi connectivity index (χ2v) is 4.94.